The molecule has 1 aliphatic heterocycles. The second-order valence-corrected chi connectivity index (χ2v) is 6.41. The highest BCUT2D eigenvalue weighted by atomic mass is 32.2. The summed E-state index contributed by atoms with van der Waals surface area (Å²) in [5.74, 6) is 0.00770. The average molecular weight is 360 g/mol. The van der Waals surface area contributed by atoms with Crippen LogP contribution in [0.5, 0.6) is 5.75 Å². The number of hydrogen-bond donors (Lipinski definition) is 1. The fourth-order valence-electron chi connectivity index (χ4n) is 2.44. The fraction of sp³-hybridized carbons (Fsp3) is 0.222. The molecule has 0 saturated carbocycles. The Kier molecular flexibility index (Phi) is 5.55. The lowest BCUT2D eigenvalue weighted by Crippen LogP contribution is -2.44. The number of para-hydroxylation sites is 1. The minimum Gasteiger partial charge on any atom is -0.492 e. The quantitative estimate of drug-likeness (QED) is 0.804. The van der Waals surface area contributed by atoms with E-state index < -0.39 is 0 Å². The van der Waals surface area contributed by atoms with Crippen LogP contribution in [0.25, 0.3) is 0 Å². The van der Waals surface area contributed by atoms with Crippen LogP contribution in [0.15, 0.2) is 53.4 Å². The predicted octanol–water partition coefficient (Wildman–Crippen LogP) is 2.46. The Hall–Kier alpha value is -2.54. The van der Waals surface area contributed by atoms with Gasteiger partial charge in [0.25, 0.3) is 0 Å². The Bertz CT molecular complexity index is 784. The van der Waals surface area contributed by atoms with Crippen LogP contribution in [0.4, 0.5) is 10.1 Å². The van der Waals surface area contributed by atoms with Crippen molar-refractivity contribution in [3.05, 3.63) is 54.3 Å². The number of hydrogen-bond acceptors (Lipinski definition) is 4. The van der Waals surface area contributed by atoms with Crippen molar-refractivity contribution in [3.8, 4) is 5.75 Å². The van der Waals surface area contributed by atoms with Crippen molar-refractivity contribution >= 4 is 29.3 Å². The summed E-state index contributed by atoms with van der Waals surface area (Å²) in [5.41, 5.74) is 0.759. The molecule has 0 bridgehead atoms. The van der Waals surface area contributed by atoms with Crippen LogP contribution in [-0.2, 0) is 9.59 Å². The van der Waals surface area contributed by atoms with Crippen LogP contribution in [0, 0.1) is 5.82 Å². The number of thioether (sulfide) groups is 1. The van der Waals surface area contributed by atoms with Gasteiger partial charge in [0.05, 0.1) is 18.0 Å². The molecule has 0 unspecified atom stereocenters. The minimum absolute atomic E-state index is 0.0314. The van der Waals surface area contributed by atoms with Gasteiger partial charge in [-0.2, -0.15) is 0 Å². The lowest BCUT2D eigenvalue weighted by atomic mass is 10.2. The van der Waals surface area contributed by atoms with Crippen molar-refractivity contribution in [1.82, 2.24) is 5.32 Å². The molecule has 0 spiro atoms. The second-order valence-electron chi connectivity index (χ2n) is 5.39. The van der Waals surface area contributed by atoms with E-state index in [9.17, 15) is 14.0 Å². The molecule has 1 aliphatic rings. The zero-order valence-corrected chi connectivity index (χ0v) is 14.2. The Labute approximate surface area is 149 Å². The SMILES string of the molecule is O=C(CN1C(=O)CSc2ccccc21)NCCOc1cccc(F)c1. The predicted molar refractivity (Wildman–Crippen MR) is 94.4 cm³/mol. The maximum atomic E-state index is 13.0. The van der Waals surface area contributed by atoms with Gasteiger partial charge in [-0.05, 0) is 24.3 Å². The normalized spacial score (nSPS) is 13.3. The van der Waals surface area contributed by atoms with Gasteiger partial charge < -0.3 is 15.0 Å². The minimum atomic E-state index is -0.373. The molecule has 25 heavy (non-hydrogen) atoms. The van der Waals surface area contributed by atoms with E-state index in [1.54, 1.807) is 12.1 Å². The molecule has 0 fully saturated rings. The summed E-state index contributed by atoms with van der Waals surface area (Å²) in [7, 11) is 0. The van der Waals surface area contributed by atoms with Gasteiger partial charge in [0, 0.05) is 11.0 Å². The molecule has 130 valence electrons. The lowest BCUT2D eigenvalue weighted by molar-refractivity contribution is -0.123. The molecule has 1 N–H and O–H groups in total. The standard InChI is InChI=1S/C18H17FN2O3S/c19-13-4-3-5-14(10-13)24-9-8-20-17(22)11-21-15-6-1-2-7-16(15)25-12-18(21)23/h1-7,10H,8-9,11-12H2,(H,20,22). The van der Waals surface area contributed by atoms with Crippen LogP contribution in [0.3, 0.4) is 0 Å². The van der Waals surface area contributed by atoms with Gasteiger partial charge in [-0.1, -0.05) is 18.2 Å². The Morgan fingerprint density at radius 1 is 1.24 bits per heavy atom. The highest BCUT2D eigenvalue weighted by molar-refractivity contribution is 8.00. The number of rotatable bonds is 6. The lowest BCUT2D eigenvalue weighted by Gasteiger charge is -2.28. The van der Waals surface area contributed by atoms with E-state index >= 15 is 0 Å². The summed E-state index contributed by atoms with van der Waals surface area (Å²) in [6, 6.07) is 13.3. The smallest absolute Gasteiger partial charge is 0.240 e. The largest absolute Gasteiger partial charge is 0.492 e. The number of amides is 2. The number of carbonyl (C=O) groups excluding carboxylic acids is 2. The van der Waals surface area contributed by atoms with Crippen LogP contribution < -0.4 is 15.0 Å². The molecule has 0 atom stereocenters. The molecule has 0 radical (unpaired) electrons. The first-order valence-electron chi connectivity index (χ1n) is 7.81. The molecule has 2 aromatic carbocycles. The maximum absolute atomic E-state index is 13.0. The topological polar surface area (TPSA) is 58.6 Å². The number of benzene rings is 2. The van der Waals surface area contributed by atoms with E-state index in [4.69, 9.17) is 4.74 Å². The van der Waals surface area contributed by atoms with Gasteiger partial charge in [0.1, 0.15) is 24.7 Å². The van der Waals surface area contributed by atoms with Crippen molar-refractivity contribution in [2.75, 3.05) is 30.3 Å². The van der Waals surface area contributed by atoms with Crippen molar-refractivity contribution in [1.29, 1.82) is 0 Å². The summed E-state index contributed by atoms with van der Waals surface area (Å²) < 4.78 is 18.4. The number of fused-ring (bicyclic) bond motifs is 1. The van der Waals surface area contributed by atoms with Gasteiger partial charge in [-0.3, -0.25) is 9.59 Å². The molecule has 3 rings (SSSR count). The van der Waals surface area contributed by atoms with Gasteiger partial charge in [-0.25, -0.2) is 4.39 Å². The molecule has 0 saturated heterocycles. The van der Waals surface area contributed by atoms with Crippen molar-refractivity contribution in [2.45, 2.75) is 4.90 Å². The molecule has 5 nitrogen and oxygen atoms in total. The van der Waals surface area contributed by atoms with E-state index in [0.717, 1.165) is 10.6 Å². The van der Waals surface area contributed by atoms with Gasteiger partial charge in [-0.15, -0.1) is 11.8 Å². The highest BCUT2D eigenvalue weighted by Crippen LogP contribution is 2.34. The summed E-state index contributed by atoms with van der Waals surface area (Å²) in [4.78, 5) is 26.7. The third-order valence-electron chi connectivity index (χ3n) is 3.60. The van der Waals surface area contributed by atoms with Gasteiger partial charge in [0.15, 0.2) is 0 Å². The summed E-state index contributed by atoms with van der Waals surface area (Å²) in [6.07, 6.45) is 0. The van der Waals surface area contributed by atoms with E-state index in [-0.39, 0.29) is 37.3 Å². The third-order valence-corrected chi connectivity index (χ3v) is 4.65. The molecule has 2 aromatic rings. The average Bonchev–Trinajstić information content (AvgIpc) is 2.61. The Morgan fingerprint density at radius 2 is 2.08 bits per heavy atom. The van der Waals surface area contributed by atoms with E-state index in [2.05, 4.69) is 5.32 Å². The summed E-state index contributed by atoms with van der Waals surface area (Å²) >= 11 is 1.47. The van der Waals surface area contributed by atoms with Crippen molar-refractivity contribution in [3.63, 3.8) is 0 Å². The van der Waals surface area contributed by atoms with E-state index in [1.807, 2.05) is 24.3 Å². The van der Waals surface area contributed by atoms with E-state index in [0.29, 0.717) is 11.5 Å². The summed E-state index contributed by atoms with van der Waals surface area (Å²) in [6.45, 7) is 0.458. The van der Waals surface area contributed by atoms with Crippen molar-refractivity contribution < 1.29 is 18.7 Å². The van der Waals surface area contributed by atoms with Gasteiger partial charge >= 0.3 is 0 Å². The van der Waals surface area contributed by atoms with Crippen LogP contribution in [0.2, 0.25) is 0 Å². The number of carbonyl (C=O) groups is 2. The first kappa shape index (κ1) is 17.3. The molecule has 0 aromatic heterocycles. The molecule has 2 amide bonds. The van der Waals surface area contributed by atoms with Crippen LogP contribution >= 0.6 is 11.8 Å². The number of nitrogens with one attached hydrogen (secondary N) is 1. The van der Waals surface area contributed by atoms with E-state index in [1.165, 1.54) is 28.8 Å². The second kappa shape index (κ2) is 8.02. The molecule has 1 heterocycles. The Morgan fingerprint density at radius 3 is 2.92 bits per heavy atom. The fourth-order valence-corrected chi connectivity index (χ4v) is 3.38. The van der Waals surface area contributed by atoms with Crippen molar-refractivity contribution in [2.24, 2.45) is 0 Å². The first-order chi connectivity index (χ1) is 12.1. The number of ether oxygens (including phenoxy) is 1. The van der Waals surface area contributed by atoms with Crippen LogP contribution in [-0.4, -0.2) is 37.3 Å². The number of nitrogens with zero attached hydrogens (tertiary/aromatic N) is 1. The van der Waals surface area contributed by atoms with Gasteiger partial charge in [0.2, 0.25) is 11.8 Å². The summed E-state index contributed by atoms with van der Waals surface area (Å²) in [5, 5.41) is 2.71. The Balaban J connectivity index is 1.49. The highest BCUT2D eigenvalue weighted by Gasteiger charge is 2.25. The monoisotopic (exact) mass is 360 g/mol. The molecule has 7 heteroatoms. The zero-order chi connectivity index (χ0) is 17.6. The molecular weight excluding hydrogens is 343 g/mol. The molecule has 0 aliphatic carbocycles. The third kappa shape index (κ3) is 4.51. The maximum Gasteiger partial charge on any atom is 0.240 e. The molecular formula is C18H17FN2O3S. The number of halogens is 1. The zero-order valence-electron chi connectivity index (χ0n) is 13.4. The first-order valence-corrected chi connectivity index (χ1v) is 8.79. The number of anilines is 1. The van der Waals surface area contributed by atoms with Crippen LogP contribution in [0.1, 0.15) is 0 Å².